The van der Waals surface area contributed by atoms with Gasteiger partial charge in [0.25, 0.3) is 0 Å². The lowest BCUT2D eigenvalue weighted by Crippen LogP contribution is -2.46. The Morgan fingerprint density at radius 3 is 2.09 bits per heavy atom. The van der Waals surface area contributed by atoms with Gasteiger partial charge in [0.1, 0.15) is 24.2 Å². The van der Waals surface area contributed by atoms with Gasteiger partial charge in [-0.05, 0) is 90.5 Å². The first-order valence-corrected chi connectivity index (χ1v) is 18.3. The molecule has 0 saturated carbocycles. The first kappa shape index (κ1) is 35.7. The Morgan fingerprint density at radius 1 is 0.849 bits per heavy atom. The van der Waals surface area contributed by atoms with Gasteiger partial charge >= 0.3 is 12.2 Å². The summed E-state index contributed by atoms with van der Waals surface area (Å²) in [5, 5.41) is 5.08. The molecule has 0 bridgehead atoms. The number of hydrogen-bond acceptors (Lipinski definition) is 8. The molecule has 4 heterocycles. The molecule has 0 unspecified atom stereocenters. The van der Waals surface area contributed by atoms with E-state index in [0.717, 1.165) is 72.7 Å². The molecule has 2 aromatic carbocycles. The van der Waals surface area contributed by atoms with Crippen LogP contribution in [0.4, 0.5) is 9.59 Å². The second-order valence-electron chi connectivity index (χ2n) is 14.0. The number of aromatic nitrogens is 4. The fourth-order valence-electron chi connectivity index (χ4n) is 8.13. The van der Waals surface area contributed by atoms with E-state index in [9.17, 15) is 19.2 Å². The van der Waals surface area contributed by atoms with Crippen molar-refractivity contribution < 1.29 is 28.7 Å². The number of likely N-dealkylation sites (tertiary alicyclic amines) is 2. The maximum absolute atomic E-state index is 13.2. The fourth-order valence-corrected chi connectivity index (χ4v) is 8.13. The minimum atomic E-state index is -0.702. The lowest BCUT2D eigenvalue weighted by molar-refractivity contribution is -0.134. The highest BCUT2D eigenvalue weighted by atomic mass is 16.5. The molecule has 0 radical (unpaired) electrons. The number of ether oxygens (including phenoxy) is 2. The number of nitrogens with zero attached hydrogens (tertiary/aromatic N) is 4. The van der Waals surface area contributed by atoms with Crippen molar-refractivity contribution in [1.82, 2.24) is 40.4 Å². The van der Waals surface area contributed by atoms with E-state index in [1.54, 1.807) is 11.8 Å². The summed E-state index contributed by atoms with van der Waals surface area (Å²) < 4.78 is 9.29. The molecular formula is C39H46N8O6. The Labute approximate surface area is 308 Å². The second kappa shape index (κ2) is 15.1. The normalized spacial score (nSPS) is 19.7. The Hall–Kier alpha value is -5.66. The Bertz CT molecular complexity index is 2020. The van der Waals surface area contributed by atoms with Crippen LogP contribution >= 0.6 is 0 Å². The molecule has 4 N–H and O–H groups in total. The summed E-state index contributed by atoms with van der Waals surface area (Å²) >= 11 is 0. The largest absolute Gasteiger partial charge is 0.453 e. The smallest absolute Gasteiger partial charge is 0.407 e. The third-order valence-corrected chi connectivity index (χ3v) is 10.9. The number of carbonyl (C=O) groups is 4. The summed E-state index contributed by atoms with van der Waals surface area (Å²) in [4.78, 5) is 69.5. The highest BCUT2D eigenvalue weighted by Crippen LogP contribution is 2.41. The van der Waals surface area contributed by atoms with Crippen molar-refractivity contribution in [3.8, 4) is 33.6 Å². The molecule has 4 atom stereocenters. The lowest BCUT2D eigenvalue weighted by atomic mass is 9.83. The van der Waals surface area contributed by atoms with Crippen molar-refractivity contribution in [1.29, 1.82) is 0 Å². The second-order valence-corrected chi connectivity index (χ2v) is 14.0. The zero-order valence-electron chi connectivity index (χ0n) is 30.5. The van der Waals surface area contributed by atoms with Gasteiger partial charge < -0.3 is 39.9 Å². The molecule has 4 amide bonds. The van der Waals surface area contributed by atoms with E-state index in [1.165, 1.54) is 36.5 Å². The quantitative estimate of drug-likeness (QED) is 0.180. The zero-order chi connectivity index (χ0) is 37.2. The molecular weight excluding hydrogens is 676 g/mol. The maximum atomic E-state index is 13.2. The first-order chi connectivity index (χ1) is 25.7. The van der Waals surface area contributed by atoms with Crippen LogP contribution in [0.3, 0.4) is 0 Å². The number of fused-ring (bicyclic) bond motifs is 3. The van der Waals surface area contributed by atoms with Gasteiger partial charge in [0.2, 0.25) is 11.8 Å². The number of amides is 4. The SMILES string of the molecule is CC[C@@H]1CCN(C(=O)CNC(=O)OC)[C@@H]1c1ncc(-c2ccc3c(c2)CCc2cc(-c4cnc([C@@H]5CCCN5C(=O)[C@H](C)NC(=O)OC)[nH]4)ccc2-3)[nH]1. The molecule has 2 aliphatic heterocycles. The number of aryl methyl sites for hydroxylation is 2. The molecule has 278 valence electrons. The van der Waals surface area contributed by atoms with Crippen LogP contribution in [-0.4, -0.2) is 93.6 Å². The van der Waals surface area contributed by atoms with E-state index < -0.39 is 18.2 Å². The van der Waals surface area contributed by atoms with Crippen LogP contribution in [0.5, 0.6) is 0 Å². The van der Waals surface area contributed by atoms with Crippen LogP contribution in [0.1, 0.15) is 74.4 Å². The summed E-state index contributed by atoms with van der Waals surface area (Å²) in [6.07, 6.45) is 7.63. The highest BCUT2D eigenvalue weighted by molar-refractivity contribution is 5.86. The van der Waals surface area contributed by atoms with E-state index in [4.69, 9.17) is 4.98 Å². The average Bonchev–Trinajstić information content (AvgIpc) is 4.02. The predicted octanol–water partition coefficient (Wildman–Crippen LogP) is 5.30. The van der Waals surface area contributed by atoms with E-state index in [1.807, 2.05) is 17.3 Å². The fraction of sp³-hybridized carbons (Fsp3) is 0.436. The molecule has 14 nitrogen and oxygen atoms in total. The zero-order valence-corrected chi connectivity index (χ0v) is 30.5. The van der Waals surface area contributed by atoms with Crippen LogP contribution in [0.15, 0.2) is 48.8 Å². The molecule has 0 spiro atoms. The summed E-state index contributed by atoms with van der Waals surface area (Å²) in [6, 6.07) is 12.0. The summed E-state index contributed by atoms with van der Waals surface area (Å²) in [7, 11) is 2.55. The average molecular weight is 723 g/mol. The minimum absolute atomic E-state index is 0.121. The van der Waals surface area contributed by atoms with Gasteiger partial charge in [-0.25, -0.2) is 19.6 Å². The predicted molar refractivity (Wildman–Crippen MR) is 196 cm³/mol. The molecule has 2 aromatic heterocycles. The number of hydrogen-bond donors (Lipinski definition) is 4. The number of rotatable bonds is 9. The van der Waals surface area contributed by atoms with E-state index >= 15 is 0 Å². The molecule has 14 heteroatoms. The molecule has 1 aliphatic carbocycles. The third-order valence-electron chi connectivity index (χ3n) is 10.9. The van der Waals surface area contributed by atoms with Crippen LogP contribution in [0, 0.1) is 5.92 Å². The van der Waals surface area contributed by atoms with Crippen LogP contribution in [0.2, 0.25) is 0 Å². The first-order valence-electron chi connectivity index (χ1n) is 18.3. The van der Waals surface area contributed by atoms with E-state index in [-0.39, 0.29) is 36.4 Å². The molecule has 7 rings (SSSR count). The van der Waals surface area contributed by atoms with Gasteiger partial charge in [-0.1, -0.05) is 37.6 Å². The van der Waals surface area contributed by atoms with Gasteiger partial charge in [-0.2, -0.15) is 0 Å². The highest BCUT2D eigenvalue weighted by Gasteiger charge is 2.39. The van der Waals surface area contributed by atoms with Gasteiger partial charge in [0.15, 0.2) is 0 Å². The number of aromatic amines is 2. The molecule has 2 fully saturated rings. The van der Waals surface area contributed by atoms with Crippen LogP contribution < -0.4 is 10.6 Å². The number of alkyl carbamates (subject to hydrolysis) is 2. The number of imidazole rings is 2. The van der Waals surface area contributed by atoms with E-state index in [0.29, 0.717) is 13.1 Å². The number of nitrogens with one attached hydrogen (secondary N) is 4. The topological polar surface area (TPSA) is 175 Å². The Kier molecular flexibility index (Phi) is 10.2. The van der Waals surface area contributed by atoms with Crippen LogP contribution in [0.25, 0.3) is 33.6 Å². The van der Waals surface area contributed by atoms with E-state index in [2.05, 4.69) is 78.4 Å². The Balaban J connectivity index is 1.06. The van der Waals surface area contributed by atoms with Crippen molar-refractivity contribution in [2.24, 2.45) is 5.92 Å². The number of benzene rings is 2. The van der Waals surface area contributed by atoms with Crippen molar-refractivity contribution in [3.63, 3.8) is 0 Å². The van der Waals surface area contributed by atoms with Gasteiger partial charge in [0, 0.05) is 13.1 Å². The number of methoxy groups -OCH3 is 2. The third kappa shape index (κ3) is 7.09. The maximum Gasteiger partial charge on any atom is 0.407 e. The van der Waals surface area contributed by atoms with Crippen LogP contribution in [-0.2, 0) is 31.9 Å². The molecule has 2 saturated heterocycles. The number of H-pyrrole nitrogens is 2. The monoisotopic (exact) mass is 722 g/mol. The molecule has 3 aliphatic rings. The molecule has 53 heavy (non-hydrogen) atoms. The summed E-state index contributed by atoms with van der Waals surface area (Å²) in [5.41, 5.74) is 8.82. The molecule has 4 aromatic rings. The van der Waals surface area contributed by atoms with Crippen molar-refractivity contribution in [2.75, 3.05) is 33.9 Å². The lowest BCUT2D eigenvalue weighted by Gasteiger charge is -2.26. The Morgan fingerprint density at radius 2 is 1.47 bits per heavy atom. The van der Waals surface area contributed by atoms with Crippen molar-refractivity contribution >= 4 is 24.0 Å². The minimum Gasteiger partial charge on any atom is -0.453 e. The summed E-state index contributed by atoms with van der Waals surface area (Å²) in [6.45, 7) is 4.88. The van der Waals surface area contributed by atoms with Gasteiger partial charge in [-0.15, -0.1) is 0 Å². The summed E-state index contributed by atoms with van der Waals surface area (Å²) in [5.74, 6) is 1.43. The number of carbonyl (C=O) groups excluding carboxylic acids is 4. The standard InChI is InChI=1S/C39H46N8O6/c1-5-23-14-16-47(33(48)21-42-38(50)52-3)34(23)36-41-20-31(45-36)27-11-13-29-25(18-27)9-8-24-17-26(10-12-28(24)29)30-19-40-35(44-30)32-7-6-15-46(32)37(49)22(2)43-39(51)53-4/h10-13,17-20,22-23,32,34H,5-9,14-16,21H2,1-4H3,(H,40,44)(H,41,45)(H,42,50)(H,43,51)/t22-,23+,32-,34-/m0/s1. The van der Waals surface area contributed by atoms with Crippen molar-refractivity contribution in [2.45, 2.75) is 70.5 Å². The van der Waals surface area contributed by atoms with Gasteiger partial charge in [-0.3, -0.25) is 9.59 Å². The van der Waals surface area contributed by atoms with Gasteiger partial charge in [0.05, 0.1) is 50.1 Å². The van der Waals surface area contributed by atoms with Crippen molar-refractivity contribution in [3.05, 3.63) is 71.6 Å².